The van der Waals surface area contributed by atoms with Crippen molar-refractivity contribution >= 4 is 23.0 Å². The molecule has 0 aliphatic carbocycles. The number of rotatable bonds is 4. The second kappa shape index (κ2) is 5.92. The summed E-state index contributed by atoms with van der Waals surface area (Å²) in [5.74, 6) is 0. The maximum Gasteiger partial charge on any atom is 0.288 e. The molecule has 0 aromatic heterocycles. The van der Waals surface area contributed by atoms with Gasteiger partial charge < -0.3 is 5.32 Å². The Morgan fingerprint density at radius 1 is 1.20 bits per heavy atom. The van der Waals surface area contributed by atoms with Crippen LogP contribution in [0, 0.1) is 24.0 Å². The maximum atomic E-state index is 10.8. The summed E-state index contributed by atoms with van der Waals surface area (Å²) in [6, 6.07) is 11.0. The van der Waals surface area contributed by atoms with Crippen LogP contribution in [0.15, 0.2) is 36.4 Å². The smallest absolute Gasteiger partial charge is 0.288 e. The lowest BCUT2D eigenvalue weighted by Crippen LogP contribution is -2.02. The van der Waals surface area contributed by atoms with E-state index in [0.717, 1.165) is 16.8 Å². The van der Waals surface area contributed by atoms with E-state index in [9.17, 15) is 10.1 Å². The van der Waals surface area contributed by atoms with Crippen molar-refractivity contribution in [2.75, 3.05) is 5.32 Å². The molecule has 2 rings (SSSR count). The lowest BCUT2D eigenvalue weighted by atomic mass is 10.1. The van der Waals surface area contributed by atoms with E-state index in [1.165, 1.54) is 11.6 Å². The van der Waals surface area contributed by atoms with Crippen molar-refractivity contribution in [3.8, 4) is 0 Å². The Hall–Kier alpha value is -2.07. The zero-order valence-corrected chi connectivity index (χ0v) is 12.1. The number of nitro benzene ring substituents is 1. The van der Waals surface area contributed by atoms with Crippen molar-refractivity contribution in [2.24, 2.45) is 0 Å². The first-order chi connectivity index (χ1) is 9.47. The molecule has 4 nitrogen and oxygen atoms in total. The van der Waals surface area contributed by atoms with Gasteiger partial charge in [0.15, 0.2) is 0 Å². The van der Waals surface area contributed by atoms with Gasteiger partial charge in [-0.3, -0.25) is 10.1 Å². The standard InChI is InChI=1S/C15H15ClN2O2/c1-10-3-6-14(11(2)7-10)17-9-12-4-5-13(16)15(8-12)18(19)20/h3-8,17H,9H2,1-2H3. The minimum Gasteiger partial charge on any atom is -0.381 e. The molecular formula is C15H15ClN2O2. The van der Waals surface area contributed by atoms with Crippen molar-refractivity contribution < 1.29 is 4.92 Å². The molecule has 0 bridgehead atoms. The Labute approximate surface area is 122 Å². The Morgan fingerprint density at radius 2 is 1.95 bits per heavy atom. The van der Waals surface area contributed by atoms with E-state index < -0.39 is 4.92 Å². The van der Waals surface area contributed by atoms with Crippen LogP contribution in [0.4, 0.5) is 11.4 Å². The molecule has 2 aromatic carbocycles. The molecule has 104 valence electrons. The summed E-state index contributed by atoms with van der Waals surface area (Å²) in [5.41, 5.74) is 4.13. The Balaban J connectivity index is 2.15. The number of aryl methyl sites for hydroxylation is 2. The van der Waals surface area contributed by atoms with Crippen molar-refractivity contribution in [1.29, 1.82) is 0 Å². The first-order valence-electron chi connectivity index (χ1n) is 6.21. The van der Waals surface area contributed by atoms with Crippen molar-refractivity contribution in [1.82, 2.24) is 0 Å². The molecule has 2 aromatic rings. The van der Waals surface area contributed by atoms with Gasteiger partial charge in [-0.25, -0.2) is 0 Å². The van der Waals surface area contributed by atoms with Crippen LogP contribution in [0.2, 0.25) is 5.02 Å². The van der Waals surface area contributed by atoms with Crippen molar-refractivity contribution in [2.45, 2.75) is 20.4 Å². The summed E-state index contributed by atoms with van der Waals surface area (Å²) in [7, 11) is 0. The summed E-state index contributed by atoms with van der Waals surface area (Å²) in [4.78, 5) is 10.4. The summed E-state index contributed by atoms with van der Waals surface area (Å²) in [5, 5.41) is 14.3. The van der Waals surface area contributed by atoms with Crippen LogP contribution >= 0.6 is 11.6 Å². The second-order valence-corrected chi connectivity index (χ2v) is 5.12. The Morgan fingerprint density at radius 3 is 2.60 bits per heavy atom. The van der Waals surface area contributed by atoms with Gasteiger partial charge in [0, 0.05) is 18.3 Å². The van der Waals surface area contributed by atoms with E-state index in [2.05, 4.69) is 11.4 Å². The third-order valence-electron chi connectivity index (χ3n) is 3.07. The monoisotopic (exact) mass is 290 g/mol. The van der Waals surface area contributed by atoms with E-state index in [0.29, 0.717) is 6.54 Å². The molecule has 0 amide bonds. The zero-order chi connectivity index (χ0) is 14.7. The molecule has 0 saturated heterocycles. The van der Waals surface area contributed by atoms with Crippen LogP contribution in [-0.4, -0.2) is 4.92 Å². The fourth-order valence-electron chi connectivity index (χ4n) is 2.02. The summed E-state index contributed by atoms with van der Waals surface area (Å²) < 4.78 is 0. The van der Waals surface area contributed by atoms with Crippen LogP contribution in [0.3, 0.4) is 0 Å². The van der Waals surface area contributed by atoms with Gasteiger partial charge >= 0.3 is 0 Å². The van der Waals surface area contributed by atoms with Crippen molar-refractivity contribution in [3.63, 3.8) is 0 Å². The number of anilines is 1. The molecule has 0 saturated carbocycles. The summed E-state index contributed by atoms with van der Waals surface area (Å²) >= 11 is 5.79. The predicted molar refractivity (Wildman–Crippen MR) is 81.3 cm³/mol. The molecule has 0 atom stereocenters. The number of halogens is 1. The Kier molecular flexibility index (Phi) is 4.25. The van der Waals surface area contributed by atoms with Crippen LogP contribution in [0.5, 0.6) is 0 Å². The molecule has 0 spiro atoms. The molecule has 0 heterocycles. The van der Waals surface area contributed by atoms with Gasteiger partial charge in [-0.05, 0) is 37.1 Å². The van der Waals surface area contributed by atoms with E-state index in [1.807, 2.05) is 26.0 Å². The number of nitrogens with zero attached hydrogens (tertiary/aromatic N) is 1. The van der Waals surface area contributed by atoms with E-state index in [-0.39, 0.29) is 10.7 Å². The normalized spacial score (nSPS) is 10.3. The van der Waals surface area contributed by atoms with E-state index in [4.69, 9.17) is 11.6 Å². The molecule has 5 heteroatoms. The van der Waals surface area contributed by atoms with E-state index >= 15 is 0 Å². The molecule has 0 radical (unpaired) electrons. The van der Waals surface area contributed by atoms with Gasteiger partial charge in [-0.1, -0.05) is 35.4 Å². The summed E-state index contributed by atoms with van der Waals surface area (Å²) in [6.07, 6.45) is 0. The fraction of sp³-hybridized carbons (Fsp3) is 0.200. The Bertz CT molecular complexity index is 656. The van der Waals surface area contributed by atoms with Gasteiger partial charge in [-0.15, -0.1) is 0 Å². The highest BCUT2D eigenvalue weighted by Gasteiger charge is 2.12. The van der Waals surface area contributed by atoms with Crippen molar-refractivity contribution in [3.05, 3.63) is 68.2 Å². The zero-order valence-electron chi connectivity index (χ0n) is 11.3. The highest BCUT2D eigenvalue weighted by Crippen LogP contribution is 2.25. The SMILES string of the molecule is Cc1ccc(NCc2ccc(Cl)c([N+](=O)[O-])c2)c(C)c1. The largest absolute Gasteiger partial charge is 0.381 e. The predicted octanol–water partition coefficient (Wildman–Crippen LogP) is 4.48. The average molecular weight is 291 g/mol. The van der Waals surface area contributed by atoms with Gasteiger partial charge in [0.2, 0.25) is 0 Å². The quantitative estimate of drug-likeness (QED) is 0.667. The average Bonchev–Trinajstić information content (AvgIpc) is 2.39. The highest BCUT2D eigenvalue weighted by molar-refractivity contribution is 6.32. The first kappa shape index (κ1) is 14.3. The van der Waals surface area contributed by atoms with Crippen LogP contribution in [0.1, 0.15) is 16.7 Å². The third kappa shape index (κ3) is 3.27. The minimum absolute atomic E-state index is 0.0633. The third-order valence-corrected chi connectivity index (χ3v) is 3.39. The van der Waals surface area contributed by atoms with Gasteiger partial charge in [0.25, 0.3) is 5.69 Å². The van der Waals surface area contributed by atoms with Crippen LogP contribution in [-0.2, 0) is 6.54 Å². The van der Waals surface area contributed by atoms with Gasteiger partial charge in [0.1, 0.15) is 5.02 Å². The topological polar surface area (TPSA) is 55.2 Å². The molecular weight excluding hydrogens is 276 g/mol. The van der Waals surface area contributed by atoms with Gasteiger partial charge in [0.05, 0.1) is 4.92 Å². The maximum absolute atomic E-state index is 10.8. The molecule has 0 aliphatic heterocycles. The number of benzene rings is 2. The highest BCUT2D eigenvalue weighted by atomic mass is 35.5. The number of hydrogen-bond acceptors (Lipinski definition) is 3. The molecule has 0 fully saturated rings. The van der Waals surface area contributed by atoms with Crippen LogP contribution < -0.4 is 5.32 Å². The minimum atomic E-state index is -0.469. The molecule has 0 aliphatic rings. The fourth-order valence-corrected chi connectivity index (χ4v) is 2.20. The number of hydrogen-bond donors (Lipinski definition) is 1. The molecule has 20 heavy (non-hydrogen) atoms. The lowest BCUT2D eigenvalue weighted by Gasteiger charge is -2.10. The van der Waals surface area contributed by atoms with Gasteiger partial charge in [-0.2, -0.15) is 0 Å². The first-order valence-corrected chi connectivity index (χ1v) is 6.59. The van der Waals surface area contributed by atoms with Crippen LogP contribution in [0.25, 0.3) is 0 Å². The molecule has 1 N–H and O–H groups in total. The number of nitrogens with one attached hydrogen (secondary N) is 1. The summed E-state index contributed by atoms with van der Waals surface area (Å²) in [6.45, 7) is 4.58. The van der Waals surface area contributed by atoms with E-state index in [1.54, 1.807) is 12.1 Å². The lowest BCUT2D eigenvalue weighted by molar-refractivity contribution is -0.384. The molecule has 0 unspecified atom stereocenters. The second-order valence-electron chi connectivity index (χ2n) is 4.71. The number of nitro groups is 1.